The third kappa shape index (κ3) is 3.76. The lowest BCUT2D eigenvalue weighted by molar-refractivity contribution is 0.102. The molecule has 0 aliphatic rings. The Bertz CT molecular complexity index is 465. The normalized spacial score (nSPS) is 11.3. The summed E-state index contributed by atoms with van der Waals surface area (Å²) in [7, 11) is -3.24. The van der Waals surface area contributed by atoms with E-state index in [1.165, 1.54) is 6.92 Å². The van der Waals surface area contributed by atoms with Crippen LogP contribution in [0.3, 0.4) is 0 Å². The number of Topliss-reactive ketones (excluding diaryl/α,β-unsaturated/α-hetero) is 1. The summed E-state index contributed by atoms with van der Waals surface area (Å²) in [5, 5.41) is 0. The van der Waals surface area contributed by atoms with Crippen LogP contribution in [0.2, 0.25) is 0 Å². The molecule has 0 bridgehead atoms. The number of carbonyl (C=O) groups is 1. The molecular weight excluding hydrogens is 280 g/mol. The topological polar surface area (TPSA) is 51.2 Å². The number of hydrogen-bond acceptors (Lipinski definition) is 3. The second kappa shape index (κ2) is 4.90. The summed E-state index contributed by atoms with van der Waals surface area (Å²) in [6.07, 6.45) is 0. The molecule has 0 heterocycles. The minimum absolute atomic E-state index is 0.00720. The number of halogens is 1. The van der Waals surface area contributed by atoms with Gasteiger partial charge in [0.1, 0.15) is 5.75 Å². The van der Waals surface area contributed by atoms with E-state index >= 15 is 0 Å². The van der Waals surface area contributed by atoms with Gasteiger partial charge in [-0.1, -0.05) is 35.0 Å². The van der Waals surface area contributed by atoms with Crippen molar-refractivity contribution in [2.45, 2.75) is 6.92 Å². The van der Waals surface area contributed by atoms with Crippen LogP contribution in [-0.4, -0.2) is 25.7 Å². The highest BCUT2D eigenvalue weighted by Crippen LogP contribution is 2.12. The van der Waals surface area contributed by atoms with E-state index < -0.39 is 15.6 Å². The van der Waals surface area contributed by atoms with Gasteiger partial charge in [-0.2, -0.15) is 0 Å². The second-order valence-electron chi connectivity index (χ2n) is 3.11. The molecule has 15 heavy (non-hydrogen) atoms. The molecule has 0 fully saturated rings. The smallest absolute Gasteiger partial charge is 0.177 e. The molecule has 5 heteroatoms. The Balaban J connectivity index is 2.87. The molecule has 1 aromatic carbocycles. The predicted octanol–water partition coefficient (Wildman–Crippen LogP) is 2.07. The Kier molecular flexibility index (Phi) is 4.04. The van der Waals surface area contributed by atoms with Crippen LogP contribution in [0.15, 0.2) is 28.7 Å². The third-order valence-electron chi connectivity index (χ3n) is 1.94. The minimum atomic E-state index is -3.24. The van der Waals surface area contributed by atoms with Gasteiger partial charge in [0.2, 0.25) is 0 Å². The molecule has 0 saturated carbocycles. The molecule has 3 nitrogen and oxygen atoms in total. The Labute approximate surface area is 97.5 Å². The number of rotatable bonds is 4. The van der Waals surface area contributed by atoms with Gasteiger partial charge in [-0.25, -0.2) is 8.42 Å². The van der Waals surface area contributed by atoms with E-state index in [-0.39, 0.29) is 11.5 Å². The lowest BCUT2D eigenvalue weighted by atomic mass is 10.2. The van der Waals surface area contributed by atoms with Crippen molar-refractivity contribution in [3.05, 3.63) is 34.3 Å². The van der Waals surface area contributed by atoms with Gasteiger partial charge in [0, 0.05) is 15.8 Å². The van der Waals surface area contributed by atoms with Gasteiger partial charge < -0.3 is 0 Å². The largest absolute Gasteiger partial charge is 0.293 e. The summed E-state index contributed by atoms with van der Waals surface area (Å²) in [4.78, 5) is 11.6. The number of sulfone groups is 1. The van der Waals surface area contributed by atoms with E-state index in [9.17, 15) is 13.2 Å². The van der Waals surface area contributed by atoms with Gasteiger partial charge in [0.15, 0.2) is 15.6 Å². The van der Waals surface area contributed by atoms with Gasteiger partial charge >= 0.3 is 0 Å². The fourth-order valence-electron chi connectivity index (χ4n) is 1.05. The van der Waals surface area contributed by atoms with Crippen LogP contribution in [0.25, 0.3) is 0 Å². The second-order valence-corrected chi connectivity index (χ2v) is 6.38. The first kappa shape index (κ1) is 12.4. The van der Waals surface area contributed by atoms with Crippen molar-refractivity contribution >= 4 is 31.6 Å². The van der Waals surface area contributed by atoms with Crippen molar-refractivity contribution in [2.75, 3.05) is 11.5 Å². The van der Waals surface area contributed by atoms with Crippen molar-refractivity contribution in [1.82, 2.24) is 0 Å². The van der Waals surface area contributed by atoms with Crippen LogP contribution in [-0.2, 0) is 9.84 Å². The molecule has 82 valence electrons. The first-order valence-corrected chi connectivity index (χ1v) is 7.05. The van der Waals surface area contributed by atoms with E-state index in [1.807, 2.05) is 0 Å². The molecule has 0 amide bonds. The first-order chi connectivity index (χ1) is 6.94. The zero-order valence-electron chi connectivity index (χ0n) is 8.23. The molecule has 0 aromatic heterocycles. The van der Waals surface area contributed by atoms with Gasteiger partial charge in [0.25, 0.3) is 0 Å². The Hall–Kier alpha value is -0.680. The van der Waals surface area contributed by atoms with Crippen LogP contribution in [0.4, 0.5) is 0 Å². The summed E-state index contributed by atoms with van der Waals surface area (Å²) < 4.78 is 23.2. The molecular formula is C10H11BrO3S. The average Bonchev–Trinajstić information content (AvgIpc) is 2.17. The van der Waals surface area contributed by atoms with Crippen molar-refractivity contribution < 1.29 is 13.2 Å². The quantitative estimate of drug-likeness (QED) is 0.798. The molecule has 0 aliphatic carbocycles. The molecule has 0 unspecified atom stereocenters. The fraction of sp³-hybridized carbons (Fsp3) is 0.300. The number of hydrogen-bond donors (Lipinski definition) is 0. The maximum absolute atomic E-state index is 11.6. The number of ketones is 1. The number of carbonyl (C=O) groups excluding carboxylic acids is 1. The van der Waals surface area contributed by atoms with E-state index in [0.717, 1.165) is 4.47 Å². The van der Waals surface area contributed by atoms with Crippen molar-refractivity contribution in [1.29, 1.82) is 0 Å². The van der Waals surface area contributed by atoms with Crippen molar-refractivity contribution in [2.24, 2.45) is 0 Å². The fourth-order valence-corrected chi connectivity index (χ4v) is 2.22. The summed E-state index contributed by atoms with van der Waals surface area (Å²) in [6.45, 7) is 1.53. The predicted molar refractivity (Wildman–Crippen MR) is 62.8 cm³/mol. The highest BCUT2D eigenvalue weighted by Gasteiger charge is 2.15. The van der Waals surface area contributed by atoms with E-state index in [1.54, 1.807) is 24.3 Å². The molecule has 0 atom stereocenters. The van der Waals surface area contributed by atoms with Crippen molar-refractivity contribution in [3.63, 3.8) is 0 Å². The van der Waals surface area contributed by atoms with Crippen LogP contribution in [0, 0.1) is 0 Å². The van der Waals surface area contributed by atoms with Crippen LogP contribution in [0.5, 0.6) is 0 Å². The Morgan fingerprint density at radius 2 is 2.07 bits per heavy atom. The maximum atomic E-state index is 11.6. The lowest BCUT2D eigenvalue weighted by Crippen LogP contribution is -2.17. The number of benzene rings is 1. The minimum Gasteiger partial charge on any atom is -0.293 e. The molecule has 1 rings (SSSR count). The molecule has 0 saturated heterocycles. The van der Waals surface area contributed by atoms with Crippen molar-refractivity contribution in [3.8, 4) is 0 Å². The summed E-state index contributed by atoms with van der Waals surface area (Å²) in [6, 6.07) is 6.72. The molecule has 0 N–H and O–H groups in total. The van der Waals surface area contributed by atoms with E-state index in [4.69, 9.17) is 0 Å². The summed E-state index contributed by atoms with van der Waals surface area (Å²) in [5.41, 5.74) is 0.418. The molecule has 0 radical (unpaired) electrons. The van der Waals surface area contributed by atoms with Gasteiger partial charge in [-0.3, -0.25) is 4.79 Å². The van der Waals surface area contributed by atoms with Gasteiger partial charge in [-0.05, 0) is 12.1 Å². The highest BCUT2D eigenvalue weighted by molar-refractivity contribution is 9.10. The summed E-state index contributed by atoms with van der Waals surface area (Å²) >= 11 is 3.23. The highest BCUT2D eigenvalue weighted by atomic mass is 79.9. The zero-order valence-corrected chi connectivity index (χ0v) is 10.6. The van der Waals surface area contributed by atoms with E-state index in [2.05, 4.69) is 15.9 Å². The Morgan fingerprint density at radius 1 is 1.40 bits per heavy atom. The molecule has 0 aliphatic heterocycles. The standard InChI is InChI=1S/C10H11BrO3S/c1-2-15(13,14)7-10(12)8-4-3-5-9(11)6-8/h3-6H,2,7H2,1H3. The van der Waals surface area contributed by atoms with Gasteiger partial charge in [-0.15, -0.1) is 0 Å². The SMILES string of the molecule is CCS(=O)(=O)CC(=O)c1cccc(Br)c1. The lowest BCUT2D eigenvalue weighted by Gasteiger charge is -2.01. The van der Waals surface area contributed by atoms with Crippen LogP contribution in [0.1, 0.15) is 17.3 Å². The zero-order chi connectivity index (χ0) is 11.5. The summed E-state index contributed by atoms with van der Waals surface area (Å²) in [5.74, 6) is -0.787. The third-order valence-corrected chi connectivity index (χ3v) is 4.01. The first-order valence-electron chi connectivity index (χ1n) is 4.44. The van der Waals surface area contributed by atoms with Crippen LogP contribution < -0.4 is 0 Å². The molecule has 0 spiro atoms. The average molecular weight is 291 g/mol. The van der Waals surface area contributed by atoms with Gasteiger partial charge in [0.05, 0.1) is 0 Å². The Morgan fingerprint density at radius 3 is 2.60 bits per heavy atom. The van der Waals surface area contributed by atoms with Crippen LogP contribution >= 0.6 is 15.9 Å². The maximum Gasteiger partial charge on any atom is 0.177 e. The molecule has 1 aromatic rings. The monoisotopic (exact) mass is 290 g/mol. The van der Waals surface area contributed by atoms with E-state index in [0.29, 0.717) is 5.56 Å².